The van der Waals surface area contributed by atoms with Crippen LogP contribution < -0.4 is 10.5 Å². The predicted octanol–water partition coefficient (Wildman–Crippen LogP) is 4.11. The largest absolute Gasteiger partial charge is 0.494 e. The van der Waals surface area contributed by atoms with E-state index < -0.39 is 0 Å². The molecule has 2 aromatic carbocycles. The van der Waals surface area contributed by atoms with Crippen molar-refractivity contribution in [2.75, 3.05) is 12.8 Å². The summed E-state index contributed by atoms with van der Waals surface area (Å²) in [5, 5.41) is 8.25. The Morgan fingerprint density at radius 2 is 1.72 bits per heavy atom. The van der Waals surface area contributed by atoms with Gasteiger partial charge in [-0.3, -0.25) is 0 Å². The third kappa shape index (κ3) is 3.46. The maximum absolute atomic E-state index is 5.66. The Morgan fingerprint density at radius 3 is 2.39 bits per heavy atom. The van der Waals surface area contributed by atoms with Crippen LogP contribution in [-0.4, -0.2) is 7.11 Å². The summed E-state index contributed by atoms with van der Waals surface area (Å²) in [6.45, 7) is 0. The second-order valence-electron chi connectivity index (χ2n) is 3.47. The fraction of sp³-hybridized carbons (Fsp3) is 0.0769. The van der Waals surface area contributed by atoms with Crippen LogP contribution in [0, 0.1) is 0 Å². The zero-order valence-electron chi connectivity index (χ0n) is 9.91. The lowest BCUT2D eigenvalue weighted by molar-refractivity contribution is 0.416. The average Bonchev–Trinajstić information content (AvgIpc) is 2.38. The Balaban J connectivity index is 0.00000162. The van der Waals surface area contributed by atoms with Crippen molar-refractivity contribution in [2.24, 2.45) is 10.2 Å². The molecule has 0 saturated carbocycles. The highest BCUT2D eigenvalue weighted by atomic mass is 35.5. The van der Waals surface area contributed by atoms with E-state index in [1.165, 1.54) is 0 Å². The summed E-state index contributed by atoms with van der Waals surface area (Å²) >= 11 is 0. The van der Waals surface area contributed by atoms with E-state index in [2.05, 4.69) is 10.2 Å². The quantitative estimate of drug-likeness (QED) is 0.669. The third-order valence-electron chi connectivity index (χ3n) is 2.23. The van der Waals surface area contributed by atoms with Crippen molar-refractivity contribution in [3.63, 3.8) is 0 Å². The van der Waals surface area contributed by atoms with E-state index in [0.717, 1.165) is 5.69 Å². The van der Waals surface area contributed by atoms with Crippen LogP contribution in [0.2, 0.25) is 0 Å². The highest BCUT2D eigenvalue weighted by molar-refractivity contribution is 5.85. The Labute approximate surface area is 112 Å². The Hall–Kier alpha value is -2.07. The molecule has 0 aromatic heterocycles. The molecule has 2 N–H and O–H groups in total. The van der Waals surface area contributed by atoms with Gasteiger partial charge in [0.1, 0.15) is 11.4 Å². The highest BCUT2D eigenvalue weighted by Crippen LogP contribution is 2.30. The number of ether oxygens (including phenoxy) is 1. The zero-order valence-corrected chi connectivity index (χ0v) is 10.7. The molecule has 0 aliphatic heterocycles. The first kappa shape index (κ1) is 14.0. The van der Waals surface area contributed by atoms with E-state index in [0.29, 0.717) is 17.1 Å². The van der Waals surface area contributed by atoms with Crippen LogP contribution in [0.25, 0.3) is 0 Å². The average molecular weight is 264 g/mol. The summed E-state index contributed by atoms with van der Waals surface area (Å²) in [7, 11) is 1.58. The maximum Gasteiger partial charge on any atom is 0.148 e. The van der Waals surface area contributed by atoms with Gasteiger partial charge in [-0.05, 0) is 24.3 Å². The predicted molar refractivity (Wildman–Crippen MR) is 75.3 cm³/mol. The summed E-state index contributed by atoms with van der Waals surface area (Å²) in [5.41, 5.74) is 7.75. The molecule has 0 aliphatic carbocycles. The van der Waals surface area contributed by atoms with E-state index in [1.54, 1.807) is 25.3 Å². The van der Waals surface area contributed by atoms with Crippen LogP contribution in [0.15, 0.2) is 58.8 Å². The Kier molecular flexibility index (Phi) is 5.14. The number of nitrogen functional groups attached to an aromatic ring is 1. The molecule has 0 unspecified atom stereocenters. The van der Waals surface area contributed by atoms with Crippen LogP contribution >= 0.6 is 12.4 Å². The number of hydrogen-bond acceptors (Lipinski definition) is 4. The summed E-state index contributed by atoms with van der Waals surface area (Å²) in [5.74, 6) is 0.615. The normalized spacial score (nSPS) is 10.1. The van der Waals surface area contributed by atoms with Crippen LogP contribution in [0.5, 0.6) is 5.75 Å². The summed E-state index contributed by atoms with van der Waals surface area (Å²) < 4.78 is 5.18. The fourth-order valence-corrected chi connectivity index (χ4v) is 1.38. The summed E-state index contributed by atoms with van der Waals surface area (Å²) in [6, 6.07) is 14.8. The van der Waals surface area contributed by atoms with Crippen molar-refractivity contribution in [1.29, 1.82) is 0 Å². The van der Waals surface area contributed by atoms with Crippen molar-refractivity contribution in [3.8, 4) is 5.75 Å². The van der Waals surface area contributed by atoms with Gasteiger partial charge in [0.15, 0.2) is 0 Å². The van der Waals surface area contributed by atoms with Gasteiger partial charge in [-0.15, -0.1) is 17.5 Å². The van der Waals surface area contributed by atoms with E-state index in [9.17, 15) is 0 Å². The molecule has 0 aliphatic rings. The first-order chi connectivity index (χ1) is 8.29. The van der Waals surface area contributed by atoms with Crippen LogP contribution in [0.1, 0.15) is 0 Å². The number of azo groups is 1. The highest BCUT2D eigenvalue weighted by Gasteiger charge is 2.01. The van der Waals surface area contributed by atoms with Gasteiger partial charge in [0.25, 0.3) is 0 Å². The topological polar surface area (TPSA) is 60.0 Å². The maximum atomic E-state index is 5.66. The molecule has 2 rings (SSSR count). The van der Waals surface area contributed by atoms with Gasteiger partial charge in [0.2, 0.25) is 0 Å². The van der Waals surface area contributed by atoms with Gasteiger partial charge < -0.3 is 10.5 Å². The number of anilines is 1. The molecule has 5 heteroatoms. The van der Waals surface area contributed by atoms with Gasteiger partial charge in [-0.1, -0.05) is 18.2 Å². The second-order valence-corrected chi connectivity index (χ2v) is 3.47. The minimum Gasteiger partial charge on any atom is -0.494 e. The first-order valence-electron chi connectivity index (χ1n) is 5.20. The molecular weight excluding hydrogens is 250 g/mol. The summed E-state index contributed by atoms with van der Waals surface area (Å²) in [4.78, 5) is 0. The van der Waals surface area contributed by atoms with Gasteiger partial charge in [0, 0.05) is 11.8 Å². The monoisotopic (exact) mass is 263 g/mol. The Bertz CT molecular complexity index is 529. The van der Waals surface area contributed by atoms with Crippen LogP contribution in [0.3, 0.4) is 0 Å². The van der Waals surface area contributed by atoms with Gasteiger partial charge in [-0.2, -0.15) is 5.11 Å². The molecule has 0 bridgehead atoms. The number of methoxy groups -OCH3 is 1. The van der Waals surface area contributed by atoms with Crippen molar-refractivity contribution < 1.29 is 4.74 Å². The van der Waals surface area contributed by atoms with Crippen molar-refractivity contribution in [2.45, 2.75) is 0 Å². The van der Waals surface area contributed by atoms with Crippen molar-refractivity contribution in [3.05, 3.63) is 48.5 Å². The molecule has 0 saturated heterocycles. The molecule has 18 heavy (non-hydrogen) atoms. The number of hydrogen-bond donors (Lipinski definition) is 1. The number of halogens is 1. The molecule has 94 valence electrons. The second kappa shape index (κ2) is 6.61. The number of benzene rings is 2. The lowest BCUT2D eigenvalue weighted by Gasteiger charge is -2.03. The number of nitrogens with zero attached hydrogens (tertiary/aromatic N) is 2. The minimum absolute atomic E-state index is 0. The standard InChI is InChI=1S/C13H13N3O.ClH/c1-17-13-9-10(14)7-8-12(13)16-15-11-5-3-2-4-6-11;/h2-9H,14H2,1H3;1H/b16-15+;. The van der Waals surface area contributed by atoms with Crippen LogP contribution in [-0.2, 0) is 0 Å². The molecular formula is C13H14ClN3O. The lowest BCUT2D eigenvalue weighted by atomic mass is 10.2. The SMILES string of the molecule is COc1cc(N)ccc1/N=N/c1ccccc1.Cl. The van der Waals surface area contributed by atoms with Gasteiger partial charge in [0.05, 0.1) is 12.8 Å². The number of nitrogens with two attached hydrogens (primary N) is 1. The molecule has 0 fully saturated rings. The van der Waals surface area contributed by atoms with E-state index in [1.807, 2.05) is 30.3 Å². The minimum atomic E-state index is 0. The first-order valence-corrected chi connectivity index (χ1v) is 5.20. The molecule has 0 radical (unpaired) electrons. The molecule has 0 heterocycles. The molecule has 4 nitrogen and oxygen atoms in total. The molecule has 0 atom stereocenters. The number of rotatable bonds is 3. The van der Waals surface area contributed by atoms with Gasteiger partial charge in [-0.25, -0.2) is 0 Å². The van der Waals surface area contributed by atoms with E-state index >= 15 is 0 Å². The van der Waals surface area contributed by atoms with Crippen LogP contribution in [0.4, 0.5) is 17.1 Å². The smallest absolute Gasteiger partial charge is 0.148 e. The fourth-order valence-electron chi connectivity index (χ4n) is 1.38. The summed E-state index contributed by atoms with van der Waals surface area (Å²) in [6.07, 6.45) is 0. The Morgan fingerprint density at radius 1 is 1.00 bits per heavy atom. The third-order valence-corrected chi connectivity index (χ3v) is 2.23. The van der Waals surface area contributed by atoms with Gasteiger partial charge >= 0.3 is 0 Å². The molecule has 0 spiro atoms. The molecule has 0 amide bonds. The lowest BCUT2D eigenvalue weighted by Crippen LogP contribution is -1.87. The van der Waals surface area contributed by atoms with E-state index in [-0.39, 0.29) is 12.4 Å². The zero-order chi connectivity index (χ0) is 12.1. The van der Waals surface area contributed by atoms with Crippen molar-refractivity contribution >= 4 is 29.5 Å². The molecule has 2 aromatic rings. The van der Waals surface area contributed by atoms with E-state index in [4.69, 9.17) is 10.5 Å². The van der Waals surface area contributed by atoms with Crippen molar-refractivity contribution in [1.82, 2.24) is 0 Å².